The van der Waals surface area contributed by atoms with E-state index in [4.69, 9.17) is 16.3 Å². The van der Waals surface area contributed by atoms with Gasteiger partial charge in [0.25, 0.3) is 0 Å². The largest absolute Gasteiger partial charge is 0.457 e. The summed E-state index contributed by atoms with van der Waals surface area (Å²) in [7, 11) is 0. The second-order valence-corrected chi connectivity index (χ2v) is 5.01. The molecule has 2 aromatic carbocycles. The van der Waals surface area contributed by atoms with Crippen molar-refractivity contribution in [3.05, 3.63) is 59.8 Å². The van der Waals surface area contributed by atoms with E-state index >= 15 is 0 Å². The molecule has 0 saturated heterocycles. The van der Waals surface area contributed by atoms with Gasteiger partial charge in [-0.3, -0.25) is 0 Å². The van der Waals surface area contributed by atoms with Gasteiger partial charge in [-0.25, -0.2) is 4.98 Å². The van der Waals surface area contributed by atoms with Crippen LogP contribution >= 0.6 is 11.6 Å². The summed E-state index contributed by atoms with van der Waals surface area (Å²) in [6, 6.07) is 15.4. The van der Waals surface area contributed by atoms with Gasteiger partial charge >= 0.3 is 0 Å². The highest BCUT2D eigenvalue weighted by Gasteiger charge is 2.07. The Morgan fingerprint density at radius 3 is 2.71 bits per heavy atom. The van der Waals surface area contributed by atoms with Crippen molar-refractivity contribution in [2.75, 3.05) is 11.9 Å². The monoisotopic (exact) mass is 298 g/mol. The summed E-state index contributed by atoms with van der Waals surface area (Å²) in [5, 5.41) is 5.87. The highest BCUT2D eigenvalue weighted by Crippen LogP contribution is 2.34. The van der Waals surface area contributed by atoms with Gasteiger partial charge in [0.05, 0.1) is 0 Å². The molecule has 106 valence electrons. The molecule has 3 rings (SSSR count). The second kappa shape index (κ2) is 6.02. The predicted molar refractivity (Wildman–Crippen MR) is 87.4 cm³/mol. The van der Waals surface area contributed by atoms with E-state index in [0.717, 1.165) is 39.7 Å². The Balaban J connectivity index is 1.98. The molecule has 3 nitrogen and oxygen atoms in total. The number of pyridine rings is 1. The molecule has 0 aliphatic rings. The average Bonchev–Trinajstić information content (AvgIpc) is 2.51. The molecule has 0 spiro atoms. The fourth-order valence-electron chi connectivity index (χ4n) is 2.20. The number of rotatable bonds is 4. The summed E-state index contributed by atoms with van der Waals surface area (Å²) in [6.45, 7) is 2.85. The Hall–Kier alpha value is -2.26. The number of halogens is 1. The summed E-state index contributed by atoms with van der Waals surface area (Å²) in [6.07, 6.45) is 1.73. The van der Waals surface area contributed by atoms with Crippen LogP contribution in [0.2, 0.25) is 5.02 Å². The zero-order valence-electron chi connectivity index (χ0n) is 11.6. The first-order chi connectivity index (χ1) is 10.3. The lowest BCUT2D eigenvalue weighted by molar-refractivity contribution is 0.488. The first-order valence-electron chi connectivity index (χ1n) is 6.83. The third kappa shape index (κ3) is 2.93. The number of nitrogens with zero attached hydrogens (tertiary/aromatic N) is 1. The standard InChI is InChI=1S/C17H15ClN2O/c1-2-19-17-11-12(9-10-20-17)21-16-8-7-15(18)13-5-3-4-6-14(13)16/h3-11H,2H2,1H3,(H,19,20). The Labute approximate surface area is 128 Å². The number of ether oxygens (including phenoxy) is 1. The SMILES string of the molecule is CCNc1cc(Oc2ccc(Cl)c3ccccc23)ccn1. The Morgan fingerprint density at radius 2 is 1.90 bits per heavy atom. The van der Waals surface area contributed by atoms with Gasteiger partial charge < -0.3 is 10.1 Å². The quantitative estimate of drug-likeness (QED) is 0.726. The van der Waals surface area contributed by atoms with E-state index in [1.807, 2.05) is 55.5 Å². The molecule has 1 aromatic heterocycles. The third-order valence-corrected chi connectivity index (χ3v) is 3.48. The van der Waals surface area contributed by atoms with Gasteiger partial charge in [-0.1, -0.05) is 35.9 Å². The maximum atomic E-state index is 6.22. The number of anilines is 1. The lowest BCUT2D eigenvalue weighted by Crippen LogP contribution is -1.98. The van der Waals surface area contributed by atoms with E-state index < -0.39 is 0 Å². The van der Waals surface area contributed by atoms with Gasteiger partial charge in [0.2, 0.25) is 0 Å². The van der Waals surface area contributed by atoms with Crippen LogP contribution in [0.5, 0.6) is 11.5 Å². The van der Waals surface area contributed by atoms with E-state index in [9.17, 15) is 0 Å². The summed E-state index contributed by atoms with van der Waals surface area (Å²) in [4.78, 5) is 4.23. The molecule has 0 radical (unpaired) electrons. The normalized spacial score (nSPS) is 10.6. The molecule has 21 heavy (non-hydrogen) atoms. The Bertz CT molecular complexity index is 774. The fraction of sp³-hybridized carbons (Fsp3) is 0.118. The first kappa shape index (κ1) is 13.7. The molecule has 0 amide bonds. The average molecular weight is 299 g/mol. The number of aromatic nitrogens is 1. The van der Waals surface area contributed by atoms with E-state index in [2.05, 4.69) is 10.3 Å². The molecular formula is C17H15ClN2O. The Morgan fingerprint density at radius 1 is 1.10 bits per heavy atom. The number of hydrogen-bond donors (Lipinski definition) is 1. The predicted octanol–water partition coefficient (Wildman–Crippen LogP) is 5.11. The van der Waals surface area contributed by atoms with Crippen LogP contribution in [0.15, 0.2) is 54.7 Å². The fourth-order valence-corrected chi connectivity index (χ4v) is 2.43. The lowest BCUT2D eigenvalue weighted by Gasteiger charge is -2.11. The first-order valence-corrected chi connectivity index (χ1v) is 7.21. The molecule has 1 heterocycles. The minimum Gasteiger partial charge on any atom is -0.457 e. The van der Waals surface area contributed by atoms with E-state index in [-0.39, 0.29) is 0 Å². The van der Waals surface area contributed by atoms with Gasteiger partial charge in [0.1, 0.15) is 17.3 Å². The van der Waals surface area contributed by atoms with Gasteiger partial charge in [-0.05, 0) is 25.1 Å². The highest BCUT2D eigenvalue weighted by atomic mass is 35.5. The van der Waals surface area contributed by atoms with Gasteiger partial charge in [0.15, 0.2) is 0 Å². The van der Waals surface area contributed by atoms with Gasteiger partial charge in [-0.15, -0.1) is 0 Å². The summed E-state index contributed by atoms with van der Waals surface area (Å²) < 4.78 is 5.99. The van der Waals surface area contributed by atoms with Gasteiger partial charge in [0, 0.05) is 34.6 Å². The van der Waals surface area contributed by atoms with Crippen molar-refractivity contribution in [3.8, 4) is 11.5 Å². The zero-order chi connectivity index (χ0) is 14.7. The summed E-state index contributed by atoms with van der Waals surface area (Å²) in [5.74, 6) is 2.32. The number of hydrogen-bond acceptors (Lipinski definition) is 3. The number of nitrogens with one attached hydrogen (secondary N) is 1. The van der Waals surface area contributed by atoms with Crippen LogP contribution in [0, 0.1) is 0 Å². The van der Waals surface area contributed by atoms with Crippen molar-refractivity contribution in [3.63, 3.8) is 0 Å². The molecule has 0 atom stereocenters. The van der Waals surface area contributed by atoms with Crippen molar-refractivity contribution in [1.29, 1.82) is 0 Å². The highest BCUT2D eigenvalue weighted by molar-refractivity contribution is 6.35. The van der Waals surface area contributed by atoms with Crippen molar-refractivity contribution < 1.29 is 4.74 Å². The topological polar surface area (TPSA) is 34.1 Å². The van der Waals surface area contributed by atoms with Crippen LogP contribution in [0.4, 0.5) is 5.82 Å². The van der Waals surface area contributed by atoms with Crippen LogP contribution in [-0.2, 0) is 0 Å². The molecular weight excluding hydrogens is 284 g/mol. The molecule has 0 bridgehead atoms. The molecule has 3 aromatic rings. The van der Waals surface area contributed by atoms with Crippen LogP contribution in [0.25, 0.3) is 10.8 Å². The van der Waals surface area contributed by atoms with Crippen LogP contribution in [0.3, 0.4) is 0 Å². The number of benzene rings is 2. The Kier molecular flexibility index (Phi) is 3.93. The molecule has 0 unspecified atom stereocenters. The maximum Gasteiger partial charge on any atom is 0.135 e. The van der Waals surface area contributed by atoms with E-state index in [1.54, 1.807) is 6.20 Å². The van der Waals surface area contributed by atoms with Crippen LogP contribution in [-0.4, -0.2) is 11.5 Å². The molecule has 0 aliphatic heterocycles. The van der Waals surface area contributed by atoms with E-state index in [0.29, 0.717) is 0 Å². The summed E-state index contributed by atoms with van der Waals surface area (Å²) in [5.41, 5.74) is 0. The molecule has 0 aliphatic carbocycles. The second-order valence-electron chi connectivity index (χ2n) is 4.60. The lowest BCUT2D eigenvalue weighted by atomic mass is 10.1. The van der Waals surface area contributed by atoms with Crippen LogP contribution in [0.1, 0.15) is 6.92 Å². The maximum absolute atomic E-state index is 6.22. The summed E-state index contributed by atoms with van der Waals surface area (Å²) >= 11 is 6.22. The van der Waals surface area contributed by atoms with Crippen molar-refractivity contribution in [2.45, 2.75) is 6.92 Å². The van der Waals surface area contributed by atoms with Gasteiger partial charge in [-0.2, -0.15) is 0 Å². The zero-order valence-corrected chi connectivity index (χ0v) is 12.4. The minimum atomic E-state index is 0.723. The molecule has 0 fully saturated rings. The van der Waals surface area contributed by atoms with Crippen molar-refractivity contribution in [2.24, 2.45) is 0 Å². The minimum absolute atomic E-state index is 0.723. The van der Waals surface area contributed by atoms with Crippen LogP contribution < -0.4 is 10.1 Å². The molecule has 1 N–H and O–H groups in total. The number of fused-ring (bicyclic) bond motifs is 1. The van der Waals surface area contributed by atoms with E-state index in [1.165, 1.54) is 0 Å². The van der Waals surface area contributed by atoms with Crippen molar-refractivity contribution in [1.82, 2.24) is 4.98 Å². The molecule has 0 saturated carbocycles. The third-order valence-electron chi connectivity index (χ3n) is 3.15. The molecule has 4 heteroatoms. The van der Waals surface area contributed by atoms with Crippen molar-refractivity contribution >= 4 is 28.2 Å². The smallest absolute Gasteiger partial charge is 0.135 e.